The lowest BCUT2D eigenvalue weighted by Crippen LogP contribution is -2.66. The van der Waals surface area contributed by atoms with Crippen molar-refractivity contribution in [3.63, 3.8) is 0 Å². The number of rotatable bonds is 5. The molecule has 5 rings (SSSR count). The average Bonchev–Trinajstić information content (AvgIpc) is 3.42. The molecule has 6 heteroatoms. The summed E-state index contributed by atoms with van der Waals surface area (Å²) in [5.74, 6) is -0.514. The lowest BCUT2D eigenvalue weighted by atomic mass is 9.36. The van der Waals surface area contributed by atoms with Crippen LogP contribution in [0.3, 0.4) is 0 Å². The molecule has 0 radical (unpaired) electrons. The smallest absolute Gasteiger partial charge is 0.310 e. The van der Waals surface area contributed by atoms with E-state index < -0.39 is 29.0 Å². The Kier molecular flexibility index (Phi) is 6.52. The molecule has 0 aromatic carbocycles. The minimum absolute atomic E-state index is 0.0230. The second kappa shape index (κ2) is 8.80. The number of carboxylic acid groups (broad SMARTS) is 1. The maximum atomic E-state index is 13.0. The molecule has 5 aliphatic rings. The maximum Gasteiger partial charge on any atom is 0.310 e. The van der Waals surface area contributed by atoms with Crippen LogP contribution in [0.15, 0.2) is 11.6 Å². The molecule has 0 amide bonds. The first kappa shape index (κ1) is 28.1. The Balaban J connectivity index is 1.59. The largest absolute Gasteiger partial charge is 0.481 e. The van der Waals surface area contributed by atoms with Gasteiger partial charge >= 0.3 is 11.9 Å². The molecule has 5 fully saturated rings. The Morgan fingerprint density at radius 1 is 1.00 bits per heavy atom. The van der Waals surface area contributed by atoms with Crippen LogP contribution < -0.4 is 0 Å². The van der Waals surface area contributed by atoms with E-state index in [0.29, 0.717) is 38.0 Å². The van der Waals surface area contributed by atoms with E-state index >= 15 is 0 Å². The third-order valence-electron chi connectivity index (χ3n) is 13.4. The number of aliphatic carboxylic acids is 1. The first-order chi connectivity index (χ1) is 17.6. The third kappa shape index (κ3) is 3.44. The normalized spacial score (nSPS) is 52.9. The second-order valence-electron chi connectivity index (χ2n) is 15.0. The minimum Gasteiger partial charge on any atom is -0.481 e. The number of carboxylic acids is 1. The van der Waals surface area contributed by atoms with Crippen LogP contribution in [0.5, 0.6) is 0 Å². The van der Waals surface area contributed by atoms with E-state index in [9.17, 15) is 24.9 Å². The Morgan fingerprint density at radius 3 is 2.29 bits per heavy atom. The van der Waals surface area contributed by atoms with Gasteiger partial charge in [0.2, 0.25) is 0 Å². The zero-order chi connectivity index (χ0) is 28.1. The average molecular weight is 531 g/mol. The summed E-state index contributed by atoms with van der Waals surface area (Å²) in [4.78, 5) is 25.4. The molecule has 5 aliphatic carbocycles. The Labute approximate surface area is 228 Å². The van der Waals surface area contributed by atoms with Crippen molar-refractivity contribution in [2.45, 2.75) is 125 Å². The van der Waals surface area contributed by atoms with Gasteiger partial charge in [0, 0.05) is 12.3 Å². The van der Waals surface area contributed by atoms with Crippen molar-refractivity contribution in [1.29, 1.82) is 0 Å². The van der Waals surface area contributed by atoms with Gasteiger partial charge in [-0.1, -0.05) is 39.3 Å². The fourth-order valence-electron chi connectivity index (χ4n) is 11.6. The zero-order valence-electron chi connectivity index (χ0n) is 24.5. The molecule has 0 aromatic rings. The Hall–Kier alpha value is -1.40. The Morgan fingerprint density at radius 2 is 1.68 bits per heavy atom. The fraction of sp³-hybridized carbons (Fsp3) is 0.875. The molecule has 214 valence electrons. The predicted octanol–water partition coefficient (Wildman–Crippen LogP) is 5.75. The highest BCUT2D eigenvalue weighted by Gasteiger charge is 2.86. The first-order valence-electron chi connectivity index (χ1n) is 15.0. The number of aliphatic hydroxyl groups is 2. The van der Waals surface area contributed by atoms with E-state index in [4.69, 9.17) is 4.74 Å². The summed E-state index contributed by atoms with van der Waals surface area (Å²) in [5, 5.41) is 33.4. The van der Waals surface area contributed by atoms with Crippen LogP contribution in [-0.2, 0) is 14.3 Å². The highest BCUT2D eigenvalue weighted by Crippen LogP contribution is 2.85. The van der Waals surface area contributed by atoms with Crippen molar-refractivity contribution in [2.24, 2.45) is 50.7 Å². The van der Waals surface area contributed by atoms with Crippen molar-refractivity contribution in [1.82, 2.24) is 0 Å². The lowest BCUT2D eigenvalue weighted by molar-refractivity contribution is -0.241. The van der Waals surface area contributed by atoms with Gasteiger partial charge < -0.3 is 20.1 Å². The Bertz CT molecular complexity index is 1030. The summed E-state index contributed by atoms with van der Waals surface area (Å²) in [6.07, 6.45) is 7.42. The van der Waals surface area contributed by atoms with Crippen molar-refractivity contribution in [3.05, 3.63) is 11.6 Å². The molecule has 2 unspecified atom stereocenters. The quantitative estimate of drug-likeness (QED) is 0.309. The highest BCUT2D eigenvalue weighted by atomic mass is 16.5. The molecule has 0 aliphatic heterocycles. The van der Waals surface area contributed by atoms with E-state index in [2.05, 4.69) is 33.8 Å². The number of aliphatic hydroxyl groups excluding tert-OH is 2. The summed E-state index contributed by atoms with van der Waals surface area (Å²) < 4.78 is 6.07. The van der Waals surface area contributed by atoms with Gasteiger partial charge in [0.25, 0.3) is 0 Å². The van der Waals surface area contributed by atoms with Gasteiger partial charge in [0.05, 0.1) is 17.6 Å². The van der Waals surface area contributed by atoms with Crippen LogP contribution in [0.2, 0.25) is 0 Å². The van der Waals surface area contributed by atoms with Gasteiger partial charge in [0.1, 0.15) is 6.10 Å². The highest BCUT2D eigenvalue weighted by molar-refractivity contribution is 5.81. The molecule has 12 atom stereocenters. The fourth-order valence-corrected chi connectivity index (χ4v) is 11.6. The number of hydrogen-bond acceptors (Lipinski definition) is 5. The first-order valence-corrected chi connectivity index (χ1v) is 15.0. The summed E-state index contributed by atoms with van der Waals surface area (Å²) in [6.45, 7) is 14.7. The number of carbonyl (C=O) groups is 2. The van der Waals surface area contributed by atoms with Gasteiger partial charge in [-0.3, -0.25) is 9.59 Å². The third-order valence-corrected chi connectivity index (χ3v) is 13.4. The molecule has 0 saturated heterocycles. The molecular weight excluding hydrogens is 480 g/mol. The second-order valence-corrected chi connectivity index (χ2v) is 15.0. The van der Waals surface area contributed by atoms with Gasteiger partial charge in [-0.05, 0) is 112 Å². The molecule has 0 bridgehead atoms. The van der Waals surface area contributed by atoms with E-state index in [-0.39, 0.29) is 46.1 Å². The van der Waals surface area contributed by atoms with E-state index in [1.807, 2.05) is 13.8 Å². The summed E-state index contributed by atoms with van der Waals surface area (Å²) in [6, 6.07) is 0. The van der Waals surface area contributed by atoms with Crippen LogP contribution in [0.25, 0.3) is 0 Å². The van der Waals surface area contributed by atoms with Crippen molar-refractivity contribution in [2.75, 3.05) is 0 Å². The van der Waals surface area contributed by atoms with E-state index in [1.165, 1.54) is 12.5 Å². The minimum atomic E-state index is -0.936. The molecule has 0 aromatic heterocycles. The number of carbonyl (C=O) groups excluding carboxylic acids is 1. The van der Waals surface area contributed by atoms with Crippen LogP contribution in [-0.4, -0.2) is 45.6 Å². The van der Waals surface area contributed by atoms with Crippen LogP contribution in [0.1, 0.15) is 106 Å². The van der Waals surface area contributed by atoms with Crippen molar-refractivity contribution >= 4 is 11.9 Å². The predicted molar refractivity (Wildman–Crippen MR) is 145 cm³/mol. The van der Waals surface area contributed by atoms with E-state index in [1.54, 1.807) is 0 Å². The standard InChI is InChI=1S/C32H50O6/c1-18(2)9-8-12-31(27(36)37)17-32(31)24-15-23(35)26-28(5)13-11-22(34)19(3)21(28)10-14-29(26,6)30(24,7)16-25(32)38-20(4)33/h9,19,21-26,34-35H,8,10-17H2,1-7H3,(H,36,37)/t19-,21?,22+,23+,24?,25-,26-,28-,29-,30-,31+,32+/m0/s1. The molecule has 0 heterocycles. The van der Waals surface area contributed by atoms with Gasteiger partial charge in [-0.2, -0.15) is 0 Å². The van der Waals surface area contributed by atoms with Crippen LogP contribution in [0.4, 0.5) is 0 Å². The van der Waals surface area contributed by atoms with Crippen molar-refractivity contribution < 1.29 is 29.6 Å². The molecular formula is C32H50O6. The lowest BCUT2D eigenvalue weighted by Gasteiger charge is -2.69. The van der Waals surface area contributed by atoms with Gasteiger partial charge in [0.15, 0.2) is 0 Å². The van der Waals surface area contributed by atoms with Crippen LogP contribution >= 0.6 is 0 Å². The van der Waals surface area contributed by atoms with Crippen LogP contribution in [0, 0.1) is 50.7 Å². The zero-order valence-corrected chi connectivity index (χ0v) is 24.5. The summed E-state index contributed by atoms with van der Waals surface area (Å²) >= 11 is 0. The number of fused-ring (bicyclic) bond motifs is 6. The monoisotopic (exact) mass is 530 g/mol. The van der Waals surface area contributed by atoms with Crippen molar-refractivity contribution in [3.8, 4) is 0 Å². The summed E-state index contributed by atoms with van der Waals surface area (Å²) in [7, 11) is 0. The topological polar surface area (TPSA) is 104 Å². The number of esters is 1. The molecule has 38 heavy (non-hydrogen) atoms. The SMILES string of the molecule is CC(=O)O[C@H]1C[C@@]2(C)C(C[C@@H](O)[C@H]3[C@@]4(C)CC[C@@H](O)[C@@H](C)C4CC[C@@]32C)[C@]12C[C@]2(CCC=C(C)C)C(=O)O. The van der Waals surface area contributed by atoms with Gasteiger partial charge in [-0.15, -0.1) is 0 Å². The summed E-state index contributed by atoms with van der Waals surface area (Å²) in [5.41, 5.74) is -0.946. The van der Waals surface area contributed by atoms with Gasteiger partial charge in [-0.25, -0.2) is 0 Å². The molecule has 6 nitrogen and oxygen atoms in total. The number of ether oxygens (including phenoxy) is 1. The maximum absolute atomic E-state index is 13.0. The molecule has 3 N–H and O–H groups in total. The molecule has 1 spiro atoms. The number of hydrogen-bond donors (Lipinski definition) is 3. The van der Waals surface area contributed by atoms with E-state index in [0.717, 1.165) is 25.7 Å². The molecule has 5 saturated carbocycles. The number of allylic oxidation sites excluding steroid dienone is 2.